The number of nitrogens with one attached hydrogen (secondary N) is 1. The summed E-state index contributed by atoms with van der Waals surface area (Å²) in [4.78, 5) is 6.05. The lowest BCUT2D eigenvalue weighted by Gasteiger charge is -2.40. The van der Waals surface area contributed by atoms with Gasteiger partial charge in [-0.2, -0.15) is 5.10 Å². The van der Waals surface area contributed by atoms with Crippen molar-refractivity contribution in [2.45, 2.75) is 30.7 Å². The molecule has 134 valence electrons. The van der Waals surface area contributed by atoms with Gasteiger partial charge >= 0.3 is 0 Å². The molecule has 2 aromatic heterocycles. The molecule has 0 spiro atoms. The molecule has 8 nitrogen and oxygen atoms in total. The molecule has 1 saturated heterocycles. The highest BCUT2D eigenvalue weighted by Crippen LogP contribution is 2.26. The topological polar surface area (TPSA) is 93.0 Å². The van der Waals surface area contributed by atoms with Crippen LogP contribution in [0, 0.1) is 5.92 Å². The Bertz CT molecular complexity index is 873. The lowest BCUT2D eigenvalue weighted by molar-refractivity contribution is 0.401. The number of imidazole rings is 1. The molecule has 1 aliphatic heterocycles. The first kappa shape index (κ1) is 16.5. The Labute approximate surface area is 147 Å². The molecular formula is C16H22N6O2S. The highest BCUT2D eigenvalue weighted by atomic mass is 32.2. The van der Waals surface area contributed by atoms with Gasteiger partial charge in [-0.15, -0.1) is 5.10 Å². The molecule has 3 heterocycles. The average Bonchev–Trinajstić information content (AvgIpc) is 3.00. The van der Waals surface area contributed by atoms with Gasteiger partial charge in [-0.05, 0) is 37.3 Å². The summed E-state index contributed by atoms with van der Waals surface area (Å²) < 4.78 is 28.6. The zero-order valence-electron chi connectivity index (χ0n) is 14.2. The van der Waals surface area contributed by atoms with Gasteiger partial charge in [0.15, 0.2) is 10.8 Å². The van der Waals surface area contributed by atoms with Gasteiger partial charge in [0.1, 0.15) is 0 Å². The maximum absolute atomic E-state index is 12.2. The number of hydrogen-bond donors (Lipinski definition) is 1. The lowest BCUT2D eigenvalue weighted by atomic mass is 9.96. The third-order valence-electron chi connectivity index (χ3n) is 4.86. The number of rotatable bonds is 5. The van der Waals surface area contributed by atoms with Crippen molar-refractivity contribution >= 4 is 15.8 Å². The number of sulfonamides is 1. The van der Waals surface area contributed by atoms with Gasteiger partial charge in [0.05, 0.1) is 12.0 Å². The molecule has 0 radical (unpaired) electrons. The van der Waals surface area contributed by atoms with E-state index >= 15 is 0 Å². The molecule has 0 aromatic carbocycles. The number of aromatic nitrogens is 4. The number of fused-ring (bicyclic) bond motifs is 1. The van der Waals surface area contributed by atoms with E-state index < -0.39 is 10.0 Å². The monoisotopic (exact) mass is 362 g/mol. The smallest absolute Gasteiger partial charge is 0.259 e. The van der Waals surface area contributed by atoms with Crippen LogP contribution in [0.15, 0.2) is 23.6 Å². The molecule has 1 aliphatic carbocycles. The van der Waals surface area contributed by atoms with Crippen molar-refractivity contribution in [3.63, 3.8) is 0 Å². The van der Waals surface area contributed by atoms with E-state index in [4.69, 9.17) is 0 Å². The molecule has 2 aliphatic rings. The standard InChI is InChI=1S/C16H22N6O2S/c1-21-10-16(17-11-21)25(23,24)18-7-12-8-22(9-12)15-6-13-4-2-3-5-14(13)19-20-15/h6,10-12,18H,2-5,7-9H2,1H3. The molecule has 0 saturated carbocycles. The number of hydrogen-bond acceptors (Lipinski definition) is 6. The maximum Gasteiger partial charge on any atom is 0.259 e. The molecule has 1 fully saturated rings. The van der Waals surface area contributed by atoms with Crippen LogP contribution in [0.25, 0.3) is 0 Å². The molecule has 1 N–H and O–H groups in total. The van der Waals surface area contributed by atoms with Crippen molar-refractivity contribution in [2.24, 2.45) is 13.0 Å². The van der Waals surface area contributed by atoms with E-state index in [9.17, 15) is 8.42 Å². The average molecular weight is 362 g/mol. The molecular weight excluding hydrogens is 340 g/mol. The molecule has 9 heteroatoms. The Kier molecular flexibility index (Phi) is 4.20. The fourth-order valence-electron chi connectivity index (χ4n) is 3.35. The van der Waals surface area contributed by atoms with E-state index in [-0.39, 0.29) is 10.9 Å². The van der Waals surface area contributed by atoms with Crippen molar-refractivity contribution in [2.75, 3.05) is 24.5 Å². The fourth-order valence-corrected chi connectivity index (χ4v) is 4.44. The Hall–Kier alpha value is -2.00. The van der Waals surface area contributed by atoms with Crippen LogP contribution in [0.5, 0.6) is 0 Å². The summed E-state index contributed by atoms with van der Waals surface area (Å²) in [5, 5.41) is 8.75. The summed E-state index contributed by atoms with van der Waals surface area (Å²) in [6.07, 6.45) is 7.51. The van der Waals surface area contributed by atoms with Gasteiger partial charge in [0.2, 0.25) is 0 Å². The van der Waals surface area contributed by atoms with E-state index in [0.717, 1.165) is 37.4 Å². The van der Waals surface area contributed by atoms with E-state index in [2.05, 4.69) is 30.9 Å². The number of nitrogens with zero attached hydrogens (tertiary/aromatic N) is 5. The van der Waals surface area contributed by atoms with Gasteiger partial charge in [-0.1, -0.05) is 0 Å². The molecule has 25 heavy (non-hydrogen) atoms. The van der Waals surface area contributed by atoms with Gasteiger partial charge in [-0.25, -0.2) is 18.1 Å². The Balaban J connectivity index is 1.32. The van der Waals surface area contributed by atoms with Crippen LogP contribution in [0.2, 0.25) is 0 Å². The second-order valence-corrected chi connectivity index (χ2v) is 8.60. The van der Waals surface area contributed by atoms with Crippen molar-refractivity contribution < 1.29 is 8.42 Å². The van der Waals surface area contributed by atoms with E-state index in [1.807, 2.05) is 0 Å². The predicted octanol–water partition coefficient (Wildman–Crippen LogP) is 0.504. The summed E-state index contributed by atoms with van der Waals surface area (Å²) in [5.41, 5.74) is 2.45. The zero-order chi connectivity index (χ0) is 17.4. The summed E-state index contributed by atoms with van der Waals surface area (Å²) in [5.74, 6) is 1.18. The van der Waals surface area contributed by atoms with Crippen LogP contribution >= 0.6 is 0 Å². The van der Waals surface area contributed by atoms with Crippen LogP contribution in [0.1, 0.15) is 24.1 Å². The minimum Gasteiger partial charge on any atom is -0.354 e. The summed E-state index contributed by atoms with van der Waals surface area (Å²) in [7, 11) is -1.79. The molecule has 0 unspecified atom stereocenters. The Morgan fingerprint density at radius 3 is 2.80 bits per heavy atom. The van der Waals surface area contributed by atoms with Gasteiger partial charge in [0.25, 0.3) is 10.0 Å². The highest BCUT2D eigenvalue weighted by Gasteiger charge is 2.30. The Morgan fingerprint density at radius 2 is 2.04 bits per heavy atom. The second-order valence-electron chi connectivity index (χ2n) is 6.88. The molecule has 0 bridgehead atoms. The van der Waals surface area contributed by atoms with Crippen molar-refractivity contribution in [3.8, 4) is 0 Å². The molecule has 4 rings (SSSR count). The number of anilines is 1. The van der Waals surface area contributed by atoms with E-state index in [1.165, 1.54) is 30.9 Å². The van der Waals surface area contributed by atoms with Crippen LogP contribution in [0.3, 0.4) is 0 Å². The summed E-state index contributed by atoms with van der Waals surface area (Å²) in [6.45, 7) is 1.99. The second kappa shape index (κ2) is 6.38. The van der Waals surface area contributed by atoms with Crippen molar-refractivity contribution in [1.82, 2.24) is 24.5 Å². The van der Waals surface area contributed by atoms with Crippen LogP contribution in [-0.2, 0) is 29.9 Å². The van der Waals surface area contributed by atoms with Gasteiger partial charge in [-0.3, -0.25) is 0 Å². The quantitative estimate of drug-likeness (QED) is 0.833. The molecule has 0 atom stereocenters. The first-order valence-corrected chi connectivity index (χ1v) is 10.1. The molecule has 2 aromatic rings. The van der Waals surface area contributed by atoms with Crippen molar-refractivity contribution in [3.05, 3.63) is 29.8 Å². The minimum atomic E-state index is -3.53. The van der Waals surface area contributed by atoms with Crippen LogP contribution < -0.4 is 9.62 Å². The van der Waals surface area contributed by atoms with Crippen LogP contribution in [-0.4, -0.2) is 47.8 Å². The highest BCUT2D eigenvalue weighted by molar-refractivity contribution is 7.89. The molecule has 0 amide bonds. The van der Waals surface area contributed by atoms with E-state index in [1.54, 1.807) is 11.6 Å². The maximum atomic E-state index is 12.2. The predicted molar refractivity (Wildman–Crippen MR) is 92.8 cm³/mol. The third-order valence-corrected chi connectivity index (χ3v) is 6.16. The first-order valence-electron chi connectivity index (χ1n) is 8.59. The van der Waals surface area contributed by atoms with Gasteiger partial charge in [0, 0.05) is 38.8 Å². The van der Waals surface area contributed by atoms with Crippen LogP contribution in [0.4, 0.5) is 5.82 Å². The minimum absolute atomic E-state index is 0.0618. The normalized spacial score (nSPS) is 18.0. The van der Waals surface area contributed by atoms with Gasteiger partial charge < -0.3 is 9.47 Å². The SMILES string of the molecule is Cn1cnc(S(=O)(=O)NCC2CN(c3cc4c(nn3)CCCC4)C2)c1. The lowest BCUT2D eigenvalue weighted by Crippen LogP contribution is -2.52. The number of aryl methyl sites for hydroxylation is 3. The summed E-state index contributed by atoms with van der Waals surface area (Å²) in [6, 6.07) is 2.15. The first-order chi connectivity index (χ1) is 12.0. The van der Waals surface area contributed by atoms with Crippen molar-refractivity contribution in [1.29, 1.82) is 0 Å². The van der Waals surface area contributed by atoms with E-state index in [0.29, 0.717) is 6.54 Å². The third kappa shape index (κ3) is 3.38. The summed E-state index contributed by atoms with van der Waals surface area (Å²) >= 11 is 0. The fraction of sp³-hybridized carbons (Fsp3) is 0.562. The largest absolute Gasteiger partial charge is 0.354 e. The zero-order valence-corrected chi connectivity index (χ0v) is 15.0. The Morgan fingerprint density at radius 1 is 1.24 bits per heavy atom.